The first-order valence-corrected chi connectivity index (χ1v) is 5.17. The van der Waals surface area contributed by atoms with Crippen LogP contribution in [-0.4, -0.2) is 6.66 Å². The van der Waals surface area contributed by atoms with Crippen LogP contribution in [0.2, 0.25) is 0 Å². The predicted octanol–water partition coefficient (Wildman–Crippen LogP) is 2.65. The van der Waals surface area contributed by atoms with Gasteiger partial charge < -0.3 is 0 Å². The monoisotopic (exact) mass is 164 g/mol. The van der Waals surface area contributed by atoms with E-state index < -0.39 is 0 Å². The molecule has 1 atom stereocenters. The molecule has 0 amide bonds. The molecule has 58 valence electrons. The van der Waals surface area contributed by atoms with Gasteiger partial charge in [-0.1, -0.05) is 45.0 Å². The summed E-state index contributed by atoms with van der Waals surface area (Å²) in [5.74, 6) is 0. The van der Waals surface area contributed by atoms with Gasteiger partial charge in [0, 0.05) is 0 Å². The summed E-state index contributed by atoms with van der Waals surface area (Å²) in [7, 11) is 0.890. The molecule has 0 fully saturated rings. The van der Waals surface area contributed by atoms with Crippen LogP contribution in [0.3, 0.4) is 0 Å². The summed E-state index contributed by atoms with van der Waals surface area (Å²) >= 11 is 0. The van der Waals surface area contributed by atoms with E-state index in [0.717, 1.165) is 14.2 Å². The highest BCUT2D eigenvalue weighted by atomic mass is 31.1. The quantitative estimate of drug-likeness (QED) is 0.589. The molecule has 0 saturated carbocycles. The molecule has 1 rings (SSSR count). The van der Waals surface area contributed by atoms with Crippen molar-refractivity contribution in [2.75, 3.05) is 6.66 Å². The van der Waals surface area contributed by atoms with Gasteiger partial charge in [-0.15, -0.1) is 0 Å². The maximum Gasteiger partial charge on any atom is -0.0233 e. The summed E-state index contributed by atoms with van der Waals surface area (Å²) in [5.41, 5.74) is 2.38. The molecular weight excluding hydrogens is 151 g/mol. The molecule has 1 aromatic rings. The Bertz CT molecular complexity index is 246. The van der Waals surface area contributed by atoms with Gasteiger partial charge in [-0.2, -0.15) is 0 Å². The van der Waals surface area contributed by atoms with Crippen LogP contribution in [0.5, 0.6) is 0 Å². The maximum absolute atomic E-state index is 3.88. The number of benzene rings is 1. The lowest BCUT2D eigenvalue weighted by atomic mass is 10.1. The SMILES string of the molecule is C=C(C)c1ccc(PC)cc1. The fourth-order valence-corrected chi connectivity index (χ4v) is 1.42. The summed E-state index contributed by atoms with van der Waals surface area (Å²) in [5, 5.41) is 1.41. The van der Waals surface area contributed by atoms with E-state index in [-0.39, 0.29) is 0 Å². The third-order valence-electron chi connectivity index (χ3n) is 1.67. The van der Waals surface area contributed by atoms with Crippen molar-refractivity contribution in [2.24, 2.45) is 0 Å². The van der Waals surface area contributed by atoms with Crippen LogP contribution in [0.4, 0.5) is 0 Å². The Balaban J connectivity index is 2.91. The van der Waals surface area contributed by atoms with Gasteiger partial charge in [0.1, 0.15) is 0 Å². The molecule has 0 spiro atoms. The van der Waals surface area contributed by atoms with Gasteiger partial charge in [0.2, 0.25) is 0 Å². The zero-order valence-electron chi connectivity index (χ0n) is 7.02. The fraction of sp³-hybridized carbons (Fsp3) is 0.200. The highest BCUT2D eigenvalue weighted by molar-refractivity contribution is 7.46. The zero-order valence-corrected chi connectivity index (χ0v) is 8.02. The van der Waals surface area contributed by atoms with E-state index in [1.165, 1.54) is 10.9 Å². The van der Waals surface area contributed by atoms with Gasteiger partial charge in [-0.05, 0) is 24.5 Å². The standard InChI is InChI=1S/C10H13P/c1-8(2)9-4-6-10(11-3)7-5-9/h4-7,11H,1H2,2-3H3. The molecule has 0 aliphatic carbocycles. The molecule has 0 aromatic heterocycles. The molecule has 1 heteroatoms. The van der Waals surface area contributed by atoms with E-state index in [0.29, 0.717) is 0 Å². The van der Waals surface area contributed by atoms with Crippen LogP contribution >= 0.6 is 8.58 Å². The average molecular weight is 164 g/mol. The minimum Gasteiger partial charge on any atom is -0.0955 e. The molecule has 0 bridgehead atoms. The minimum atomic E-state index is 0.890. The van der Waals surface area contributed by atoms with Crippen molar-refractivity contribution >= 4 is 19.5 Å². The predicted molar refractivity (Wildman–Crippen MR) is 55.0 cm³/mol. The van der Waals surface area contributed by atoms with Crippen molar-refractivity contribution < 1.29 is 0 Å². The zero-order chi connectivity index (χ0) is 8.27. The second kappa shape index (κ2) is 3.69. The molecule has 0 aliphatic heterocycles. The Hall–Kier alpha value is -0.610. The highest BCUT2D eigenvalue weighted by Crippen LogP contribution is 2.11. The highest BCUT2D eigenvalue weighted by Gasteiger charge is 1.91. The number of hydrogen-bond donors (Lipinski definition) is 0. The van der Waals surface area contributed by atoms with E-state index in [1.54, 1.807) is 0 Å². The third-order valence-corrected chi connectivity index (χ3v) is 2.58. The summed E-state index contributed by atoms with van der Waals surface area (Å²) < 4.78 is 0. The van der Waals surface area contributed by atoms with E-state index >= 15 is 0 Å². The van der Waals surface area contributed by atoms with E-state index in [1.807, 2.05) is 6.92 Å². The van der Waals surface area contributed by atoms with Gasteiger partial charge in [0.15, 0.2) is 0 Å². The van der Waals surface area contributed by atoms with Crippen LogP contribution < -0.4 is 5.30 Å². The van der Waals surface area contributed by atoms with Crippen LogP contribution in [0.25, 0.3) is 5.57 Å². The Morgan fingerprint density at radius 3 is 2.18 bits per heavy atom. The average Bonchev–Trinajstić information content (AvgIpc) is 2.05. The Morgan fingerprint density at radius 1 is 1.27 bits per heavy atom. The van der Waals surface area contributed by atoms with Crippen LogP contribution in [-0.2, 0) is 0 Å². The van der Waals surface area contributed by atoms with Crippen LogP contribution in [0.15, 0.2) is 30.8 Å². The number of allylic oxidation sites excluding steroid dienone is 1. The fourth-order valence-electron chi connectivity index (χ4n) is 0.921. The van der Waals surface area contributed by atoms with Crippen LogP contribution in [0, 0.1) is 0 Å². The molecule has 0 heterocycles. The summed E-state index contributed by atoms with van der Waals surface area (Å²) in [6.07, 6.45) is 0. The minimum absolute atomic E-state index is 0.890. The number of rotatable bonds is 2. The molecule has 11 heavy (non-hydrogen) atoms. The molecule has 1 aromatic carbocycles. The molecule has 0 N–H and O–H groups in total. The summed E-state index contributed by atoms with van der Waals surface area (Å²) in [4.78, 5) is 0. The summed E-state index contributed by atoms with van der Waals surface area (Å²) in [6, 6.07) is 8.60. The Kier molecular flexibility index (Phi) is 2.84. The second-order valence-corrected chi connectivity index (χ2v) is 3.69. The maximum atomic E-state index is 3.88. The Morgan fingerprint density at radius 2 is 1.82 bits per heavy atom. The second-order valence-electron chi connectivity index (χ2n) is 2.61. The van der Waals surface area contributed by atoms with Crippen molar-refractivity contribution in [3.05, 3.63) is 36.4 Å². The molecule has 0 aliphatic rings. The molecular formula is C10H13P. The normalized spacial score (nSPS) is 10.7. The first-order chi connectivity index (χ1) is 5.24. The van der Waals surface area contributed by atoms with E-state index in [4.69, 9.17) is 0 Å². The lowest BCUT2D eigenvalue weighted by molar-refractivity contribution is 1.61. The first-order valence-electron chi connectivity index (χ1n) is 3.67. The van der Waals surface area contributed by atoms with Crippen LogP contribution in [0.1, 0.15) is 12.5 Å². The van der Waals surface area contributed by atoms with Crippen molar-refractivity contribution in [1.82, 2.24) is 0 Å². The van der Waals surface area contributed by atoms with Gasteiger partial charge >= 0.3 is 0 Å². The first kappa shape index (κ1) is 8.49. The third kappa shape index (κ3) is 2.17. The van der Waals surface area contributed by atoms with Gasteiger partial charge in [-0.3, -0.25) is 0 Å². The number of hydrogen-bond acceptors (Lipinski definition) is 0. The molecule has 0 radical (unpaired) electrons. The van der Waals surface area contributed by atoms with Gasteiger partial charge in [0.25, 0.3) is 0 Å². The summed E-state index contributed by atoms with van der Waals surface area (Å²) in [6.45, 7) is 8.10. The van der Waals surface area contributed by atoms with Crippen molar-refractivity contribution in [3.63, 3.8) is 0 Å². The largest absolute Gasteiger partial charge is 0.0955 e. The van der Waals surface area contributed by atoms with Gasteiger partial charge in [-0.25, -0.2) is 0 Å². The smallest absolute Gasteiger partial charge is 0.0233 e. The molecule has 0 nitrogen and oxygen atoms in total. The lowest BCUT2D eigenvalue weighted by Crippen LogP contribution is -1.91. The topological polar surface area (TPSA) is 0 Å². The van der Waals surface area contributed by atoms with Crippen molar-refractivity contribution in [1.29, 1.82) is 0 Å². The van der Waals surface area contributed by atoms with E-state index in [9.17, 15) is 0 Å². The Labute approximate surface area is 70.1 Å². The lowest BCUT2D eigenvalue weighted by Gasteiger charge is -2.00. The van der Waals surface area contributed by atoms with E-state index in [2.05, 4.69) is 37.5 Å². The molecule has 0 saturated heterocycles. The van der Waals surface area contributed by atoms with Crippen molar-refractivity contribution in [2.45, 2.75) is 6.92 Å². The molecule has 1 unspecified atom stereocenters. The van der Waals surface area contributed by atoms with Crippen molar-refractivity contribution in [3.8, 4) is 0 Å². The van der Waals surface area contributed by atoms with Gasteiger partial charge in [0.05, 0.1) is 0 Å².